The number of amides is 1. The first-order chi connectivity index (χ1) is 11.0. The molecule has 23 heavy (non-hydrogen) atoms. The van der Waals surface area contributed by atoms with Gasteiger partial charge < -0.3 is 9.51 Å². The molecule has 9 heteroatoms. The molecule has 3 aromatic heterocycles. The fraction of sp³-hybridized carbons (Fsp3) is 0.286. The number of nitrogens with one attached hydrogen (secondary N) is 2. The number of carbonyl (C=O) groups is 1. The van der Waals surface area contributed by atoms with Crippen molar-refractivity contribution in [2.45, 2.75) is 24.9 Å². The van der Waals surface area contributed by atoms with Crippen molar-refractivity contribution in [3.63, 3.8) is 0 Å². The maximum absolute atomic E-state index is 11.9. The summed E-state index contributed by atoms with van der Waals surface area (Å²) in [5, 5.41) is 9.29. The van der Waals surface area contributed by atoms with E-state index < -0.39 is 0 Å². The van der Waals surface area contributed by atoms with Gasteiger partial charge in [-0.05, 0) is 17.4 Å². The van der Waals surface area contributed by atoms with Gasteiger partial charge in [0, 0.05) is 6.07 Å². The zero-order chi connectivity index (χ0) is 16.4. The standard InChI is InChI=1S/C14H14N4O3S2/c1-7(2)9-5-11(21-18-9)15-10(19)6-23-14-16-12(20)8-3-4-22-13(8)17-14/h3-5,7H,6H2,1-2H3,(H,15,19)(H,16,17,20). The van der Waals surface area contributed by atoms with Gasteiger partial charge in [-0.25, -0.2) is 4.98 Å². The summed E-state index contributed by atoms with van der Waals surface area (Å²) in [5.41, 5.74) is 0.582. The SMILES string of the molecule is CC(C)c1cc(NC(=O)CSc2nc3sccc3c(=O)[nH]2)on1. The fourth-order valence-corrected chi connectivity index (χ4v) is 3.32. The number of aromatic nitrogens is 3. The number of rotatable bonds is 5. The molecule has 0 bridgehead atoms. The molecule has 0 aliphatic rings. The van der Waals surface area contributed by atoms with E-state index >= 15 is 0 Å². The second-order valence-corrected chi connectivity index (χ2v) is 6.98. The van der Waals surface area contributed by atoms with Crippen molar-refractivity contribution in [1.29, 1.82) is 0 Å². The van der Waals surface area contributed by atoms with E-state index in [0.29, 0.717) is 21.3 Å². The summed E-state index contributed by atoms with van der Waals surface area (Å²) in [5.74, 6) is 0.396. The molecule has 3 rings (SSSR count). The Bertz CT molecular complexity index is 897. The molecule has 0 fully saturated rings. The molecule has 0 spiro atoms. The number of aromatic amines is 1. The molecule has 3 aromatic rings. The molecular formula is C14H14N4O3S2. The second kappa shape index (κ2) is 6.55. The minimum Gasteiger partial charge on any atom is -0.338 e. The lowest BCUT2D eigenvalue weighted by Gasteiger charge is -2.01. The lowest BCUT2D eigenvalue weighted by atomic mass is 10.1. The number of anilines is 1. The van der Waals surface area contributed by atoms with Crippen LogP contribution in [0.1, 0.15) is 25.5 Å². The highest BCUT2D eigenvalue weighted by Gasteiger charge is 2.12. The van der Waals surface area contributed by atoms with Gasteiger partial charge in [-0.15, -0.1) is 11.3 Å². The van der Waals surface area contributed by atoms with Crippen molar-refractivity contribution in [3.05, 3.63) is 33.6 Å². The van der Waals surface area contributed by atoms with E-state index in [1.54, 1.807) is 12.1 Å². The largest absolute Gasteiger partial charge is 0.338 e. The molecule has 0 saturated carbocycles. The highest BCUT2D eigenvalue weighted by Crippen LogP contribution is 2.20. The molecule has 0 aliphatic heterocycles. The molecule has 3 heterocycles. The molecule has 0 aliphatic carbocycles. The lowest BCUT2D eigenvalue weighted by molar-refractivity contribution is -0.113. The lowest BCUT2D eigenvalue weighted by Crippen LogP contribution is -2.15. The second-order valence-electron chi connectivity index (χ2n) is 5.12. The van der Waals surface area contributed by atoms with Crippen molar-refractivity contribution in [2.75, 3.05) is 11.1 Å². The van der Waals surface area contributed by atoms with Crippen molar-refractivity contribution in [2.24, 2.45) is 0 Å². The predicted octanol–water partition coefficient (Wildman–Crippen LogP) is 2.83. The van der Waals surface area contributed by atoms with Crippen LogP contribution in [-0.2, 0) is 4.79 Å². The summed E-state index contributed by atoms with van der Waals surface area (Å²) in [6.07, 6.45) is 0. The number of nitrogens with zero attached hydrogens (tertiary/aromatic N) is 2. The Kier molecular flexibility index (Phi) is 4.49. The Morgan fingerprint density at radius 3 is 3.09 bits per heavy atom. The monoisotopic (exact) mass is 350 g/mol. The van der Waals surface area contributed by atoms with Crippen LogP contribution in [-0.4, -0.2) is 26.8 Å². The number of thioether (sulfide) groups is 1. The summed E-state index contributed by atoms with van der Waals surface area (Å²) < 4.78 is 5.05. The maximum Gasteiger partial charge on any atom is 0.260 e. The minimum absolute atomic E-state index is 0.109. The average Bonchev–Trinajstić information content (AvgIpc) is 3.14. The van der Waals surface area contributed by atoms with Crippen LogP contribution in [0.5, 0.6) is 0 Å². The minimum atomic E-state index is -0.254. The van der Waals surface area contributed by atoms with Crippen LogP contribution >= 0.6 is 23.1 Å². The smallest absolute Gasteiger partial charge is 0.260 e. The number of fused-ring (bicyclic) bond motifs is 1. The van der Waals surface area contributed by atoms with Crippen LogP contribution in [0.25, 0.3) is 10.2 Å². The molecule has 7 nitrogen and oxygen atoms in total. The number of hydrogen-bond donors (Lipinski definition) is 2. The molecule has 1 amide bonds. The van der Waals surface area contributed by atoms with Crippen molar-refractivity contribution >= 4 is 45.1 Å². The van der Waals surface area contributed by atoms with Crippen LogP contribution in [0.15, 0.2) is 32.0 Å². The van der Waals surface area contributed by atoms with Gasteiger partial charge in [0.15, 0.2) is 5.16 Å². The van der Waals surface area contributed by atoms with Crippen LogP contribution in [0, 0.1) is 0 Å². The van der Waals surface area contributed by atoms with Gasteiger partial charge in [-0.1, -0.05) is 30.8 Å². The van der Waals surface area contributed by atoms with Crippen LogP contribution in [0.3, 0.4) is 0 Å². The highest BCUT2D eigenvalue weighted by atomic mass is 32.2. The maximum atomic E-state index is 11.9. The van der Waals surface area contributed by atoms with Gasteiger partial charge in [0.2, 0.25) is 11.8 Å². The Morgan fingerprint density at radius 2 is 2.35 bits per heavy atom. The average molecular weight is 350 g/mol. The fourth-order valence-electron chi connectivity index (χ4n) is 1.84. The molecule has 120 valence electrons. The van der Waals surface area contributed by atoms with Crippen molar-refractivity contribution in [1.82, 2.24) is 15.1 Å². The molecular weight excluding hydrogens is 336 g/mol. The Labute approximate surface area is 139 Å². The molecule has 0 atom stereocenters. The Morgan fingerprint density at radius 1 is 1.52 bits per heavy atom. The van der Waals surface area contributed by atoms with E-state index in [9.17, 15) is 9.59 Å². The van der Waals surface area contributed by atoms with Gasteiger partial charge in [-0.2, -0.15) is 0 Å². The number of carbonyl (C=O) groups excluding carboxylic acids is 1. The van der Waals surface area contributed by atoms with E-state index in [0.717, 1.165) is 17.5 Å². The van der Waals surface area contributed by atoms with Gasteiger partial charge in [-0.3, -0.25) is 14.9 Å². The predicted molar refractivity (Wildman–Crippen MR) is 90.2 cm³/mol. The Hall–Kier alpha value is -2.13. The third kappa shape index (κ3) is 3.62. The number of hydrogen-bond acceptors (Lipinski definition) is 7. The first-order valence-corrected chi connectivity index (χ1v) is 8.76. The van der Waals surface area contributed by atoms with Gasteiger partial charge in [0.25, 0.3) is 5.56 Å². The topological polar surface area (TPSA) is 101 Å². The number of thiophene rings is 1. The van der Waals surface area contributed by atoms with Gasteiger partial charge in [0.1, 0.15) is 4.83 Å². The quantitative estimate of drug-likeness (QED) is 0.542. The highest BCUT2D eigenvalue weighted by molar-refractivity contribution is 7.99. The normalized spacial score (nSPS) is 11.3. The van der Waals surface area contributed by atoms with E-state index in [2.05, 4.69) is 20.4 Å². The van der Waals surface area contributed by atoms with Crippen LogP contribution < -0.4 is 10.9 Å². The molecule has 0 aromatic carbocycles. The van der Waals surface area contributed by atoms with E-state index in [4.69, 9.17) is 4.52 Å². The molecule has 2 N–H and O–H groups in total. The van der Waals surface area contributed by atoms with Gasteiger partial charge in [0.05, 0.1) is 16.8 Å². The summed E-state index contributed by atoms with van der Waals surface area (Å²) >= 11 is 2.55. The first kappa shape index (κ1) is 15.8. The third-order valence-electron chi connectivity index (χ3n) is 3.04. The Balaban J connectivity index is 1.62. The zero-order valence-corrected chi connectivity index (χ0v) is 14.1. The zero-order valence-electron chi connectivity index (χ0n) is 12.5. The van der Waals surface area contributed by atoms with Crippen LogP contribution in [0.2, 0.25) is 0 Å². The summed E-state index contributed by atoms with van der Waals surface area (Å²) in [6.45, 7) is 3.98. The summed E-state index contributed by atoms with van der Waals surface area (Å²) in [7, 11) is 0. The van der Waals surface area contributed by atoms with Gasteiger partial charge >= 0.3 is 0 Å². The molecule has 0 unspecified atom stereocenters. The summed E-state index contributed by atoms with van der Waals surface area (Å²) in [4.78, 5) is 31.4. The van der Waals surface area contributed by atoms with E-state index in [1.165, 1.54) is 11.3 Å². The summed E-state index contributed by atoms with van der Waals surface area (Å²) in [6, 6.07) is 3.42. The first-order valence-electron chi connectivity index (χ1n) is 6.89. The molecule has 0 radical (unpaired) electrons. The molecule has 0 saturated heterocycles. The van der Waals surface area contributed by atoms with Crippen LogP contribution in [0.4, 0.5) is 5.88 Å². The third-order valence-corrected chi connectivity index (χ3v) is 4.72. The van der Waals surface area contributed by atoms with E-state index in [-0.39, 0.29) is 23.1 Å². The van der Waals surface area contributed by atoms with Crippen molar-refractivity contribution in [3.8, 4) is 0 Å². The van der Waals surface area contributed by atoms with Crippen molar-refractivity contribution < 1.29 is 9.32 Å². The number of H-pyrrole nitrogens is 1. The van der Waals surface area contributed by atoms with E-state index in [1.807, 2.05) is 19.2 Å².